The topological polar surface area (TPSA) is 85.5 Å². The molecule has 0 fully saturated rings. The molecule has 2 aromatic rings. The standard InChI is InChI=1S/C9H6N2O4/c12-9(13)7-8(11-15-10-7)14-6-4-2-1-3-5-6/h1-5H,(H,12,13). The zero-order chi connectivity index (χ0) is 10.7. The minimum atomic E-state index is -1.25. The van der Waals surface area contributed by atoms with Crippen molar-refractivity contribution in [1.82, 2.24) is 10.3 Å². The molecule has 6 heteroatoms. The molecule has 2 rings (SSSR count). The molecule has 0 aliphatic carbocycles. The van der Waals surface area contributed by atoms with Gasteiger partial charge in [-0.2, -0.15) is 0 Å². The molecule has 1 aromatic heterocycles. The van der Waals surface area contributed by atoms with Gasteiger partial charge in [-0.15, -0.1) is 0 Å². The molecule has 0 amide bonds. The molecule has 0 bridgehead atoms. The normalized spacial score (nSPS) is 9.87. The maximum absolute atomic E-state index is 10.6. The minimum Gasteiger partial charge on any atom is -0.476 e. The molecule has 0 saturated carbocycles. The summed E-state index contributed by atoms with van der Waals surface area (Å²) in [6, 6.07) is 8.65. The zero-order valence-corrected chi connectivity index (χ0v) is 7.45. The average Bonchev–Trinajstić information content (AvgIpc) is 2.67. The minimum absolute atomic E-state index is 0.159. The van der Waals surface area contributed by atoms with Crippen LogP contribution in [0, 0.1) is 0 Å². The Hall–Kier alpha value is -2.37. The van der Waals surface area contributed by atoms with E-state index in [-0.39, 0.29) is 11.6 Å². The monoisotopic (exact) mass is 206 g/mol. The number of rotatable bonds is 3. The molecule has 0 aliphatic heterocycles. The van der Waals surface area contributed by atoms with E-state index in [9.17, 15) is 4.79 Å². The van der Waals surface area contributed by atoms with Gasteiger partial charge in [0.1, 0.15) is 5.75 Å². The Bertz CT molecular complexity index is 466. The fraction of sp³-hybridized carbons (Fsp3) is 0. The zero-order valence-electron chi connectivity index (χ0n) is 7.45. The summed E-state index contributed by atoms with van der Waals surface area (Å²) < 4.78 is 9.44. The molecule has 0 saturated heterocycles. The number of carbonyl (C=O) groups is 1. The Labute approximate surface area is 84.1 Å². The van der Waals surface area contributed by atoms with E-state index in [1.54, 1.807) is 24.3 Å². The lowest BCUT2D eigenvalue weighted by Gasteiger charge is -1.99. The predicted molar refractivity (Wildman–Crippen MR) is 47.8 cm³/mol. The molecule has 1 aromatic carbocycles. The van der Waals surface area contributed by atoms with Crippen molar-refractivity contribution < 1.29 is 19.3 Å². The highest BCUT2D eigenvalue weighted by molar-refractivity contribution is 5.87. The van der Waals surface area contributed by atoms with Gasteiger partial charge >= 0.3 is 5.97 Å². The van der Waals surface area contributed by atoms with Gasteiger partial charge in [-0.1, -0.05) is 18.2 Å². The van der Waals surface area contributed by atoms with Crippen molar-refractivity contribution in [2.45, 2.75) is 0 Å². The van der Waals surface area contributed by atoms with Crippen LogP contribution >= 0.6 is 0 Å². The van der Waals surface area contributed by atoms with Crippen molar-refractivity contribution in [3.8, 4) is 11.6 Å². The van der Waals surface area contributed by atoms with Gasteiger partial charge in [0.05, 0.1) is 0 Å². The summed E-state index contributed by atoms with van der Waals surface area (Å²) in [6.45, 7) is 0. The number of carboxylic acids is 1. The van der Waals surface area contributed by atoms with Crippen LogP contribution in [0.1, 0.15) is 10.5 Å². The number of aromatic nitrogens is 2. The van der Waals surface area contributed by atoms with E-state index in [0.717, 1.165) is 0 Å². The highest BCUT2D eigenvalue weighted by atomic mass is 16.6. The van der Waals surface area contributed by atoms with E-state index in [0.29, 0.717) is 5.75 Å². The van der Waals surface area contributed by atoms with Crippen molar-refractivity contribution in [3.63, 3.8) is 0 Å². The van der Waals surface area contributed by atoms with Crippen LogP contribution in [0.3, 0.4) is 0 Å². The number of aromatic carboxylic acids is 1. The number of hydrogen-bond acceptors (Lipinski definition) is 5. The van der Waals surface area contributed by atoms with Gasteiger partial charge in [0.25, 0.3) is 11.6 Å². The highest BCUT2D eigenvalue weighted by Gasteiger charge is 2.19. The van der Waals surface area contributed by atoms with E-state index in [2.05, 4.69) is 14.9 Å². The second-order valence-corrected chi connectivity index (χ2v) is 2.64. The van der Waals surface area contributed by atoms with E-state index in [4.69, 9.17) is 9.84 Å². The molecule has 15 heavy (non-hydrogen) atoms. The molecule has 76 valence electrons. The van der Waals surface area contributed by atoms with Crippen molar-refractivity contribution >= 4 is 5.97 Å². The molecular formula is C9H6N2O4. The first-order valence-corrected chi connectivity index (χ1v) is 4.06. The van der Waals surface area contributed by atoms with Crippen LogP contribution in [-0.2, 0) is 0 Å². The summed E-state index contributed by atoms with van der Waals surface area (Å²) in [7, 11) is 0. The molecule has 1 N–H and O–H groups in total. The van der Waals surface area contributed by atoms with Gasteiger partial charge in [0.15, 0.2) is 0 Å². The van der Waals surface area contributed by atoms with Crippen LogP contribution in [0.15, 0.2) is 35.0 Å². The second kappa shape index (κ2) is 3.79. The maximum Gasteiger partial charge on any atom is 0.363 e. The summed E-state index contributed by atoms with van der Waals surface area (Å²) in [5, 5.41) is 15.2. The number of carboxylic acid groups (broad SMARTS) is 1. The average molecular weight is 206 g/mol. The Balaban J connectivity index is 2.25. The lowest BCUT2D eigenvalue weighted by atomic mass is 10.3. The van der Waals surface area contributed by atoms with E-state index in [1.807, 2.05) is 6.07 Å². The van der Waals surface area contributed by atoms with E-state index >= 15 is 0 Å². The van der Waals surface area contributed by atoms with Crippen LogP contribution in [0.4, 0.5) is 0 Å². The molecule has 0 radical (unpaired) electrons. The van der Waals surface area contributed by atoms with Crippen LogP contribution in [-0.4, -0.2) is 21.4 Å². The van der Waals surface area contributed by atoms with Gasteiger partial charge in [-0.3, -0.25) is 0 Å². The third kappa shape index (κ3) is 1.93. The smallest absolute Gasteiger partial charge is 0.363 e. The van der Waals surface area contributed by atoms with Gasteiger partial charge in [0.2, 0.25) is 0 Å². The molecule has 1 heterocycles. The Morgan fingerprint density at radius 3 is 2.67 bits per heavy atom. The molecule has 6 nitrogen and oxygen atoms in total. The largest absolute Gasteiger partial charge is 0.476 e. The summed E-state index contributed by atoms with van der Waals surface area (Å²) in [5.41, 5.74) is -0.348. The summed E-state index contributed by atoms with van der Waals surface area (Å²) >= 11 is 0. The van der Waals surface area contributed by atoms with Crippen molar-refractivity contribution in [3.05, 3.63) is 36.0 Å². The molecule has 0 atom stereocenters. The van der Waals surface area contributed by atoms with Gasteiger partial charge in [0, 0.05) is 0 Å². The number of nitrogens with zero attached hydrogens (tertiary/aromatic N) is 2. The predicted octanol–water partition coefficient (Wildman–Crippen LogP) is 1.56. The first-order valence-electron chi connectivity index (χ1n) is 4.06. The van der Waals surface area contributed by atoms with Crippen LogP contribution in [0.25, 0.3) is 0 Å². The van der Waals surface area contributed by atoms with Crippen molar-refractivity contribution in [2.75, 3.05) is 0 Å². The highest BCUT2D eigenvalue weighted by Crippen LogP contribution is 2.21. The molecule has 0 unspecified atom stereocenters. The lowest BCUT2D eigenvalue weighted by molar-refractivity contribution is 0.0683. The Morgan fingerprint density at radius 2 is 2.00 bits per heavy atom. The Morgan fingerprint density at radius 1 is 1.27 bits per heavy atom. The van der Waals surface area contributed by atoms with Gasteiger partial charge in [-0.05, 0) is 22.4 Å². The van der Waals surface area contributed by atoms with E-state index in [1.165, 1.54) is 0 Å². The number of para-hydroxylation sites is 1. The van der Waals surface area contributed by atoms with Gasteiger partial charge < -0.3 is 9.84 Å². The van der Waals surface area contributed by atoms with Crippen LogP contribution < -0.4 is 4.74 Å². The van der Waals surface area contributed by atoms with Crippen LogP contribution in [0.2, 0.25) is 0 Å². The van der Waals surface area contributed by atoms with Gasteiger partial charge in [-0.25, -0.2) is 9.42 Å². The number of ether oxygens (including phenoxy) is 1. The Kier molecular flexibility index (Phi) is 2.32. The first-order chi connectivity index (χ1) is 7.27. The SMILES string of the molecule is O=C(O)c1nonc1Oc1ccccc1. The quantitative estimate of drug-likeness (QED) is 0.820. The summed E-state index contributed by atoms with van der Waals surface area (Å²) in [6.07, 6.45) is 0. The fourth-order valence-corrected chi connectivity index (χ4v) is 0.978. The number of hydrogen-bond donors (Lipinski definition) is 1. The summed E-state index contributed by atoms with van der Waals surface area (Å²) in [5.74, 6) is -0.938. The first kappa shape index (κ1) is 9.20. The van der Waals surface area contributed by atoms with Crippen molar-refractivity contribution in [2.24, 2.45) is 0 Å². The van der Waals surface area contributed by atoms with E-state index < -0.39 is 5.97 Å². The maximum atomic E-state index is 10.6. The molecular weight excluding hydrogens is 200 g/mol. The van der Waals surface area contributed by atoms with Crippen LogP contribution in [0.5, 0.6) is 11.6 Å². The van der Waals surface area contributed by atoms with Crippen molar-refractivity contribution in [1.29, 1.82) is 0 Å². The third-order valence-electron chi connectivity index (χ3n) is 1.62. The third-order valence-corrected chi connectivity index (χ3v) is 1.62. The number of benzene rings is 1. The molecule has 0 aliphatic rings. The fourth-order valence-electron chi connectivity index (χ4n) is 0.978. The lowest BCUT2D eigenvalue weighted by Crippen LogP contribution is -1.99. The second-order valence-electron chi connectivity index (χ2n) is 2.64. The summed E-state index contributed by atoms with van der Waals surface area (Å²) in [4.78, 5) is 10.6. The molecule has 0 spiro atoms.